The summed E-state index contributed by atoms with van der Waals surface area (Å²) in [4.78, 5) is 33.2. The first-order valence-electron chi connectivity index (χ1n) is 14.0. The van der Waals surface area contributed by atoms with Crippen LogP contribution in [-0.4, -0.2) is 62.0 Å². The van der Waals surface area contributed by atoms with Gasteiger partial charge in [0.05, 0.1) is 16.7 Å². The maximum Gasteiger partial charge on any atom is 0.270 e. The zero-order valence-corrected chi connectivity index (χ0v) is 23.7. The summed E-state index contributed by atoms with van der Waals surface area (Å²) in [6.45, 7) is 10.3. The smallest absolute Gasteiger partial charge is 0.270 e. The molecule has 0 radical (unpaired) electrons. The molecule has 1 aliphatic rings. The van der Waals surface area contributed by atoms with Crippen LogP contribution in [0.5, 0.6) is 0 Å². The molecule has 1 N–H and O–H groups in total. The standard InChI is InChI=1S/C32H32N8O/c1-20-8-7-9-21(2)28(20)40-30(41)24-19-33-31(36-29(24)39-27-11-6-5-10-26(27)35-32(39)40)34-25-13-12-23(18-22(25)3)38-16-14-37(4)15-17-38/h5-13,18-19H,14-17H2,1-4H3,(H,33,34,36). The number of piperazine rings is 1. The van der Waals surface area contributed by atoms with E-state index in [0.717, 1.165) is 65.3 Å². The first-order valence-corrected chi connectivity index (χ1v) is 14.0. The van der Waals surface area contributed by atoms with Gasteiger partial charge in [0.1, 0.15) is 5.39 Å². The predicted octanol–water partition coefficient (Wildman–Crippen LogP) is 5.00. The fourth-order valence-corrected chi connectivity index (χ4v) is 5.87. The Morgan fingerprint density at radius 3 is 2.34 bits per heavy atom. The Morgan fingerprint density at radius 1 is 0.829 bits per heavy atom. The van der Waals surface area contributed by atoms with E-state index < -0.39 is 0 Å². The van der Waals surface area contributed by atoms with Crippen LogP contribution in [0.15, 0.2) is 71.7 Å². The van der Waals surface area contributed by atoms with Gasteiger partial charge in [-0.15, -0.1) is 0 Å². The number of aryl methyl sites for hydroxylation is 3. The maximum atomic E-state index is 14.1. The number of imidazole rings is 1. The van der Waals surface area contributed by atoms with Crippen molar-refractivity contribution in [2.75, 3.05) is 43.4 Å². The van der Waals surface area contributed by atoms with Crippen LogP contribution in [0, 0.1) is 20.8 Å². The van der Waals surface area contributed by atoms with Gasteiger partial charge < -0.3 is 15.1 Å². The lowest BCUT2D eigenvalue weighted by Gasteiger charge is -2.34. The van der Waals surface area contributed by atoms with E-state index in [2.05, 4.69) is 52.3 Å². The number of hydrogen-bond acceptors (Lipinski definition) is 7. The Kier molecular flexibility index (Phi) is 5.97. The number of anilines is 3. The molecule has 206 valence electrons. The summed E-state index contributed by atoms with van der Waals surface area (Å²) in [6.07, 6.45) is 1.62. The second kappa shape index (κ2) is 9.71. The van der Waals surface area contributed by atoms with Gasteiger partial charge in [-0.25, -0.2) is 14.5 Å². The summed E-state index contributed by atoms with van der Waals surface area (Å²) in [5, 5.41) is 3.83. The Balaban J connectivity index is 1.37. The molecular weight excluding hydrogens is 512 g/mol. The van der Waals surface area contributed by atoms with Crippen LogP contribution in [0.3, 0.4) is 0 Å². The van der Waals surface area contributed by atoms with Crippen molar-refractivity contribution in [3.63, 3.8) is 0 Å². The molecular formula is C32H32N8O. The maximum absolute atomic E-state index is 14.1. The number of fused-ring (bicyclic) bond motifs is 5. The Labute approximate surface area is 237 Å². The Bertz CT molecular complexity index is 2000. The van der Waals surface area contributed by atoms with Crippen LogP contribution >= 0.6 is 0 Å². The zero-order valence-electron chi connectivity index (χ0n) is 23.7. The Morgan fingerprint density at radius 2 is 1.59 bits per heavy atom. The highest BCUT2D eigenvalue weighted by atomic mass is 16.1. The van der Waals surface area contributed by atoms with Gasteiger partial charge in [-0.3, -0.25) is 9.20 Å². The highest BCUT2D eigenvalue weighted by molar-refractivity contribution is 5.88. The lowest BCUT2D eigenvalue weighted by Crippen LogP contribution is -2.44. The molecule has 1 aliphatic heterocycles. The molecule has 0 amide bonds. The summed E-state index contributed by atoms with van der Waals surface area (Å²) in [7, 11) is 2.17. The lowest BCUT2D eigenvalue weighted by atomic mass is 10.1. The van der Waals surface area contributed by atoms with Crippen LogP contribution in [0.25, 0.3) is 33.5 Å². The first kappa shape index (κ1) is 25.2. The van der Waals surface area contributed by atoms with Crippen molar-refractivity contribution in [3.05, 3.63) is 93.9 Å². The number of rotatable bonds is 4. The average molecular weight is 545 g/mol. The zero-order chi connectivity index (χ0) is 28.2. The SMILES string of the molecule is Cc1cc(N2CCN(C)CC2)ccc1Nc1ncc2c(=O)n(-c3c(C)cccc3C)c3nc4ccccc4n3c2n1. The number of benzene rings is 3. The highest BCUT2D eigenvalue weighted by Crippen LogP contribution is 2.28. The van der Waals surface area contributed by atoms with Crippen LogP contribution in [0.4, 0.5) is 17.3 Å². The highest BCUT2D eigenvalue weighted by Gasteiger charge is 2.21. The van der Waals surface area contributed by atoms with Crippen LogP contribution in [0.1, 0.15) is 16.7 Å². The molecule has 3 aromatic heterocycles. The minimum Gasteiger partial charge on any atom is -0.369 e. The summed E-state index contributed by atoms with van der Waals surface area (Å²) in [6, 6.07) is 20.4. The van der Waals surface area contributed by atoms with E-state index in [-0.39, 0.29) is 5.56 Å². The summed E-state index contributed by atoms with van der Waals surface area (Å²) in [5.74, 6) is 0.953. The van der Waals surface area contributed by atoms with Crippen LogP contribution in [-0.2, 0) is 0 Å². The van der Waals surface area contributed by atoms with Crippen molar-refractivity contribution < 1.29 is 0 Å². The third kappa shape index (κ3) is 4.20. The summed E-state index contributed by atoms with van der Waals surface area (Å²) in [5.41, 5.74) is 8.08. The minimum absolute atomic E-state index is 0.195. The van der Waals surface area contributed by atoms with Gasteiger partial charge in [-0.05, 0) is 74.8 Å². The van der Waals surface area contributed by atoms with Crippen molar-refractivity contribution in [2.45, 2.75) is 20.8 Å². The number of nitrogens with zero attached hydrogens (tertiary/aromatic N) is 7. The van der Waals surface area contributed by atoms with E-state index in [1.165, 1.54) is 5.69 Å². The molecule has 4 heterocycles. The van der Waals surface area contributed by atoms with Crippen molar-refractivity contribution in [3.8, 4) is 5.69 Å². The van der Waals surface area contributed by atoms with Gasteiger partial charge in [-0.2, -0.15) is 4.98 Å². The normalized spacial score (nSPS) is 14.4. The fraction of sp³-hybridized carbons (Fsp3) is 0.250. The molecule has 7 rings (SSSR count). The Hall–Kier alpha value is -4.76. The quantitative estimate of drug-likeness (QED) is 0.334. The van der Waals surface area contributed by atoms with E-state index in [9.17, 15) is 4.79 Å². The molecule has 0 aliphatic carbocycles. The van der Waals surface area contributed by atoms with Gasteiger partial charge in [0.25, 0.3) is 5.56 Å². The number of nitrogens with one attached hydrogen (secondary N) is 1. The van der Waals surface area contributed by atoms with E-state index >= 15 is 0 Å². The molecule has 1 fully saturated rings. The third-order valence-electron chi connectivity index (χ3n) is 8.15. The average Bonchev–Trinajstić information content (AvgIpc) is 3.35. The van der Waals surface area contributed by atoms with Gasteiger partial charge in [0.2, 0.25) is 11.7 Å². The van der Waals surface area contributed by atoms with Crippen molar-refractivity contribution in [1.29, 1.82) is 0 Å². The van der Waals surface area contributed by atoms with Gasteiger partial charge in [0.15, 0.2) is 5.65 Å². The van der Waals surface area contributed by atoms with Crippen LogP contribution in [0.2, 0.25) is 0 Å². The molecule has 9 nitrogen and oxygen atoms in total. The van der Waals surface area contributed by atoms with Gasteiger partial charge in [-0.1, -0.05) is 30.3 Å². The minimum atomic E-state index is -0.195. The molecule has 0 atom stereocenters. The second-order valence-corrected chi connectivity index (χ2v) is 11.0. The largest absolute Gasteiger partial charge is 0.369 e. The van der Waals surface area contributed by atoms with E-state index in [4.69, 9.17) is 9.97 Å². The molecule has 41 heavy (non-hydrogen) atoms. The van der Waals surface area contributed by atoms with Gasteiger partial charge >= 0.3 is 0 Å². The van der Waals surface area contributed by atoms with E-state index in [1.54, 1.807) is 10.8 Å². The number of hydrogen-bond donors (Lipinski definition) is 1. The van der Waals surface area contributed by atoms with Crippen molar-refractivity contribution >= 4 is 45.2 Å². The molecule has 0 saturated carbocycles. The number of likely N-dealkylation sites (N-methyl/N-ethyl adjacent to an activating group) is 1. The number of para-hydroxylation sites is 3. The van der Waals surface area contributed by atoms with E-state index in [0.29, 0.717) is 22.8 Å². The van der Waals surface area contributed by atoms with Gasteiger partial charge in [0, 0.05) is 43.8 Å². The predicted molar refractivity (Wildman–Crippen MR) is 165 cm³/mol. The molecule has 0 unspecified atom stereocenters. The summed E-state index contributed by atoms with van der Waals surface area (Å²) < 4.78 is 3.67. The molecule has 9 heteroatoms. The number of aromatic nitrogens is 5. The second-order valence-electron chi connectivity index (χ2n) is 11.0. The lowest BCUT2D eigenvalue weighted by molar-refractivity contribution is 0.313. The topological polar surface area (TPSA) is 83.6 Å². The molecule has 6 aromatic rings. The molecule has 0 bridgehead atoms. The first-order chi connectivity index (χ1) is 19.9. The van der Waals surface area contributed by atoms with Crippen molar-refractivity contribution in [2.24, 2.45) is 0 Å². The van der Waals surface area contributed by atoms with E-state index in [1.807, 2.05) is 60.7 Å². The van der Waals surface area contributed by atoms with Crippen molar-refractivity contribution in [1.82, 2.24) is 28.8 Å². The fourth-order valence-electron chi connectivity index (χ4n) is 5.87. The summed E-state index contributed by atoms with van der Waals surface area (Å²) >= 11 is 0. The molecule has 1 saturated heterocycles. The third-order valence-corrected chi connectivity index (χ3v) is 8.15. The molecule has 3 aromatic carbocycles. The van der Waals surface area contributed by atoms with Crippen LogP contribution < -0.4 is 15.8 Å². The monoisotopic (exact) mass is 544 g/mol. The molecule has 0 spiro atoms.